The molecule has 0 aliphatic carbocycles. The van der Waals surface area contributed by atoms with Crippen LogP contribution in [-0.4, -0.2) is 28.1 Å². The standard InChI is InChI=1S/C14H22N2O4S/c1-10-9-21-13(20)16(10)8-11(17)15-7-6-14(2,3)5-4-12(18)19/h9H,4-8H2,1-3H3,(H,15,17)(H,18,19). The summed E-state index contributed by atoms with van der Waals surface area (Å²) in [5.41, 5.74) is 0.641. The fourth-order valence-corrected chi connectivity index (χ4v) is 2.64. The number of carboxylic acids is 1. The fourth-order valence-electron chi connectivity index (χ4n) is 1.91. The predicted molar refractivity (Wildman–Crippen MR) is 81.6 cm³/mol. The molecule has 0 fully saturated rings. The first-order valence-electron chi connectivity index (χ1n) is 6.85. The number of carbonyl (C=O) groups excluding carboxylic acids is 1. The third-order valence-corrected chi connectivity index (χ3v) is 4.30. The summed E-state index contributed by atoms with van der Waals surface area (Å²) in [5, 5.41) is 13.2. The molecule has 6 nitrogen and oxygen atoms in total. The van der Waals surface area contributed by atoms with Gasteiger partial charge in [0.15, 0.2) is 0 Å². The van der Waals surface area contributed by atoms with E-state index in [2.05, 4.69) is 5.32 Å². The number of amides is 1. The molecule has 1 aromatic heterocycles. The second-order valence-corrected chi connectivity index (χ2v) is 6.71. The molecule has 0 atom stereocenters. The molecule has 0 bridgehead atoms. The van der Waals surface area contributed by atoms with E-state index in [4.69, 9.17) is 5.11 Å². The Morgan fingerprint density at radius 3 is 2.57 bits per heavy atom. The van der Waals surface area contributed by atoms with Crippen molar-refractivity contribution in [2.75, 3.05) is 6.54 Å². The third-order valence-electron chi connectivity index (χ3n) is 3.42. The number of aromatic nitrogens is 1. The maximum atomic E-state index is 11.8. The lowest BCUT2D eigenvalue weighted by Crippen LogP contribution is -2.33. The van der Waals surface area contributed by atoms with Crippen molar-refractivity contribution < 1.29 is 14.7 Å². The van der Waals surface area contributed by atoms with E-state index >= 15 is 0 Å². The van der Waals surface area contributed by atoms with Crippen molar-refractivity contribution in [3.63, 3.8) is 0 Å². The maximum absolute atomic E-state index is 11.8. The van der Waals surface area contributed by atoms with Gasteiger partial charge in [0.25, 0.3) is 0 Å². The molecule has 0 saturated heterocycles. The second kappa shape index (κ2) is 7.40. The molecular formula is C14H22N2O4S. The van der Waals surface area contributed by atoms with Gasteiger partial charge in [0.2, 0.25) is 5.91 Å². The van der Waals surface area contributed by atoms with E-state index in [0.29, 0.717) is 19.4 Å². The highest BCUT2D eigenvalue weighted by Gasteiger charge is 2.19. The van der Waals surface area contributed by atoms with Crippen molar-refractivity contribution in [1.29, 1.82) is 0 Å². The molecule has 118 valence electrons. The number of carbonyl (C=O) groups is 2. The summed E-state index contributed by atoms with van der Waals surface area (Å²) in [5.74, 6) is -1.01. The van der Waals surface area contributed by atoms with Crippen LogP contribution in [0.1, 0.15) is 38.8 Å². The van der Waals surface area contributed by atoms with Gasteiger partial charge in [0.1, 0.15) is 6.54 Å². The molecule has 0 unspecified atom stereocenters. The number of aliphatic carboxylic acids is 1. The van der Waals surface area contributed by atoms with Gasteiger partial charge in [-0.05, 0) is 25.2 Å². The lowest BCUT2D eigenvalue weighted by atomic mass is 9.84. The summed E-state index contributed by atoms with van der Waals surface area (Å²) in [6.45, 7) is 6.26. The number of hydrogen-bond acceptors (Lipinski definition) is 4. The average Bonchev–Trinajstić information content (AvgIpc) is 2.68. The summed E-state index contributed by atoms with van der Waals surface area (Å²) in [4.78, 5) is 33.7. The van der Waals surface area contributed by atoms with Crippen molar-refractivity contribution in [3.8, 4) is 0 Å². The van der Waals surface area contributed by atoms with Gasteiger partial charge in [-0.2, -0.15) is 0 Å². The van der Waals surface area contributed by atoms with Gasteiger partial charge < -0.3 is 10.4 Å². The largest absolute Gasteiger partial charge is 0.481 e. The van der Waals surface area contributed by atoms with Gasteiger partial charge in [-0.15, -0.1) is 0 Å². The number of thiazole rings is 1. The first-order valence-corrected chi connectivity index (χ1v) is 7.73. The molecule has 0 radical (unpaired) electrons. The fraction of sp³-hybridized carbons (Fsp3) is 0.643. The van der Waals surface area contributed by atoms with Gasteiger partial charge in [-0.1, -0.05) is 25.2 Å². The number of aryl methyl sites for hydroxylation is 1. The minimum atomic E-state index is -0.806. The van der Waals surface area contributed by atoms with Crippen LogP contribution in [0.4, 0.5) is 0 Å². The Morgan fingerprint density at radius 1 is 1.38 bits per heavy atom. The highest BCUT2D eigenvalue weighted by atomic mass is 32.1. The van der Waals surface area contributed by atoms with Crippen LogP contribution >= 0.6 is 11.3 Å². The van der Waals surface area contributed by atoms with Crippen LogP contribution in [0.5, 0.6) is 0 Å². The summed E-state index contributed by atoms with van der Waals surface area (Å²) in [7, 11) is 0. The van der Waals surface area contributed by atoms with Crippen LogP contribution in [0.25, 0.3) is 0 Å². The molecule has 1 rings (SSSR count). The van der Waals surface area contributed by atoms with E-state index < -0.39 is 5.97 Å². The zero-order valence-corrected chi connectivity index (χ0v) is 13.5. The molecule has 1 heterocycles. The molecule has 7 heteroatoms. The van der Waals surface area contributed by atoms with Crippen LogP contribution in [0.2, 0.25) is 0 Å². The van der Waals surface area contributed by atoms with Gasteiger partial charge >= 0.3 is 10.8 Å². The molecule has 2 N–H and O–H groups in total. The van der Waals surface area contributed by atoms with E-state index in [1.54, 1.807) is 12.3 Å². The second-order valence-electron chi connectivity index (χ2n) is 5.89. The molecule has 1 aromatic rings. The minimum absolute atomic E-state index is 0.0315. The zero-order valence-electron chi connectivity index (χ0n) is 12.6. The minimum Gasteiger partial charge on any atom is -0.481 e. The Balaban J connectivity index is 2.37. The number of nitrogens with one attached hydrogen (secondary N) is 1. The van der Waals surface area contributed by atoms with Crippen LogP contribution in [0.15, 0.2) is 10.2 Å². The van der Waals surface area contributed by atoms with Gasteiger partial charge in [0, 0.05) is 24.0 Å². The van der Waals surface area contributed by atoms with Crippen molar-refractivity contribution >= 4 is 23.2 Å². The zero-order chi connectivity index (χ0) is 16.0. The van der Waals surface area contributed by atoms with Crippen LogP contribution in [0.3, 0.4) is 0 Å². The molecule has 1 amide bonds. The van der Waals surface area contributed by atoms with Crippen LogP contribution in [0, 0.1) is 12.3 Å². The third kappa shape index (κ3) is 6.12. The molecule has 0 aliphatic rings. The van der Waals surface area contributed by atoms with Crippen LogP contribution < -0.4 is 10.2 Å². The summed E-state index contributed by atoms with van der Waals surface area (Å²) in [6, 6.07) is 0. The molecule has 0 aliphatic heterocycles. The molecule has 0 spiro atoms. The van der Waals surface area contributed by atoms with E-state index in [1.807, 2.05) is 13.8 Å². The predicted octanol–water partition coefficient (Wildman–Crippen LogP) is 1.62. The lowest BCUT2D eigenvalue weighted by molar-refractivity contribution is -0.137. The average molecular weight is 314 g/mol. The number of rotatable bonds is 8. The molecule has 0 saturated carbocycles. The molecule has 0 aromatic carbocycles. The Morgan fingerprint density at radius 2 is 2.05 bits per heavy atom. The highest BCUT2D eigenvalue weighted by molar-refractivity contribution is 7.07. The Hall–Kier alpha value is -1.63. The van der Waals surface area contributed by atoms with E-state index in [1.165, 1.54) is 4.57 Å². The monoisotopic (exact) mass is 314 g/mol. The Bertz CT molecular complexity index is 560. The molecular weight excluding hydrogens is 292 g/mol. The van der Waals surface area contributed by atoms with Crippen molar-refractivity contribution in [3.05, 3.63) is 20.7 Å². The van der Waals surface area contributed by atoms with Gasteiger partial charge in [-0.25, -0.2) is 0 Å². The first kappa shape index (κ1) is 17.4. The van der Waals surface area contributed by atoms with Crippen molar-refractivity contribution in [1.82, 2.24) is 9.88 Å². The lowest BCUT2D eigenvalue weighted by Gasteiger charge is -2.23. The molecule has 21 heavy (non-hydrogen) atoms. The normalized spacial score (nSPS) is 11.4. The summed E-state index contributed by atoms with van der Waals surface area (Å²) >= 11 is 1.08. The Labute approximate surface area is 127 Å². The van der Waals surface area contributed by atoms with Gasteiger partial charge in [0.05, 0.1) is 0 Å². The maximum Gasteiger partial charge on any atom is 0.307 e. The van der Waals surface area contributed by atoms with E-state index in [-0.39, 0.29) is 29.2 Å². The van der Waals surface area contributed by atoms with Crippen molar-refractivity contribution in [2.24, 2.45) is 5.41 Å². The number of hydrogen-bond donors (Lipinski definition) is 2. The van der Waals surface area contributed by atoms with E-state index in [9.17, 15) is 14.4 Å². The van der Waals surface area contributed by atoms with Gasteiger partial charge in [-0.3, -0.25) is 19.0 Å². The quantitative estimate of drug-likeness (QED) is 0.763. The topological polar surface area (TPSA) is 88.4 Å². The van der Waals surface area contributed by atoms with Crippen LogP contribution in [-0.2, 0) is 16.1 Å². The number of carboxylic acid groups (broad SMARTS) is 1. The SMILES string of the molecule is Cc1csc(=O)n1CC(=O)NCCC(C)(C)CCC(=O)O. The first-order chi connectivity index (χ1) is 9.71. The van der Waals surface area contributed by atoms with Crippen molar-refractivity contribution in [2.45, 2.75) is 46.6 Å². The summed E-state index contributed by atoms with van der Waals surface area (Å²) < 4.78 is 1.44. The summed E-state index contributed by atoms with van der Waals surface area (Å²) in [6.07, 6.45) is 1.40. The van der Waals surface area contributed by atoms with E-state index in [0.717, 1.165) is 17.0 Å². The Kier molecular flexibility index (Phi) is 6.14. The smallest absolute Gasteiger partial charge is 0.307 e. The number of nitrogens with zero attached hydrogens (tertiary/aromatic N) is 1. The highest BCUT2D eigenvalue weighted by Crippen LogP contribution is 2.25.